The maximum Gasteiger partial charge on any atom is 0.399 e. The van der Waals surface area contributed by atoms with Gasteiger partial charge in [-0.3, -0.25) is 9.36 Å². The second kappa shape index (κ2) is 8.75. The van der Waals surface area contributed by atoms with Crippen molar-refractivity contribution in [2.45, 2.75) is 24.4 Å². The number of carbonyl (C=O) groups excluding carboxylic acids is 1. The number of hydrogen-bond donors (Lipinski definition) is 2. The second-order valence-electron chi connectivity index (χ2n) is 7.47. The fourth-order valence-corrected chi connectivity index (χ4v) is 4.84. The molecule has 1 unspecified atom stereocenters. The molecule has 0 heterocycles. The van der Waals surface area contributed by atoms with Crippen LogP contribution in [-0.4, -0.2) is 15.6 Å². The molecule has 31 heavy (non-hydrogen) atoms. The van der Waals surface area contributed by atoms with Crippen LogP contribution < -0.4 is 0 Å². The quantitative estimate of drug-likeness (QED) is 0.300. The zero-order valence-corrected chi connectivity index (χ0v) is 19.0. The minimum Gasteiger partial charge on any atom is -0.320 e. The summed E-state index contributed by atoms with van der Waals surface area (Å²) in [5.41, 5.74) is -4.27. The predicted molar refractivity (Wildman–Crippen MR) is 118 cm³/mol. The van der Waals surface area contributed by atoms with Gasteiger partial charge in [0.05, 0.1) is 5.41 Å². The van der Waals surface area contributed by atoms with Gasteiger partial charge >= 0.3 is 13.3 Å². The molecule has 0 spiro atoms. The third kappa shape index (κ3) is 4.70. The van der Waals surface area contributed by atoms with E-state index in [4.69, 9.17) is 9.79 Å². The Bertz CT molecular complexity index is 1130. The van der Waals surface area contributed by atoms with Gasteiger partial charge in [-0.1, -0.05) is 88.7 Å². The first-order valence-corrected chi connectivity index (χ1v) is 11.7. The summed E-state index contributed by atoms with van der Waals surface area (Å²) in [6, 6.07) is 21.7. The van der Waals surface area contributed by atoms with Gasteiger partial charge < -0.3 is 9.79 Å². The summed E-state index contributed by atoms with van der Waals surface area (Å²) >= 11 is 3.01. The highest BCUT2D eigenvalue weighted by Crippen LogP contribution is 2.60. The van der Waals surface area contributed by atoms with Crippen LogP contribution in [-0.2, 0) is 22.1 Å². The summed E-state index contributed by atoms with van der Waals surface area (Å²) in [6.45, 7) is 1.80. The van der Waals surface area contributed by atoms with E-state index in [1.807, 2.05) is 36.4 Å². The molecule has 0 aliphatic heterocycles. The van der Waals surface area contributed by atoms with Gasteiger partial charge in [-0.15, -0.1) is 0 Å². The van der Waals surface area contributed by atoms with Crippen molar-refractivity contribution in [2.75, 3.05) is 0 Å². The molecule has 0 aromatic heterocycles. The van der Waals surface area contributed by atoms with E-state index in [0.29, 0.717) is 11.1 Å². The number of rotatable bonds is 7. The van der Waals surface area contributed by atoms with Crippen LogP contribution in [0.15, 0.2) is 83.3 Å². The Labute approximate surface area is 187 Å². The van der Waals surface area contributed by atoms with E-state index in [1.165, 1.54) is 12.1 Å². The maximum atomic E-state index is 14.2. The van der Waals surface area contributed by atoms with Crippen molar-refractivity contribution in [1.29, 1.82) is 0 Å². The van der Waals surface area contributed by atoms with Gasteiger partial charge in [-0.05, 0) is 30.5 Å². The molecule has 0 aliphatic rings. The molecule has 0 bridgehead atoms. The first-order chi connectivity index (χ1) is 14.5. The van der Waals surface area contributed by atoms with Crippen LogP contribution in [0.1, 0.15) is 34.0 Å². The Balaban J connectivity index is 2.04. The molecule has 1 atom stereocenters. The molecule has 2 N–H and O–H groups in total. The molecule has 3 rings (SSSR count). The number of benzene rings is 3. The van der Waals surface area contributed by atoms with Crippen molar-refractivity contribution in [3.8, 4) is 0 Å². The molecule has 8 heteroatoms. The third-order valence-electron chi connectivity index (χ3n) is 5.23. The number of alkyl halides is 2. The third-order valence-corrected chi connectivity index (χ3v) is 6.86. The topological polar surface area (TPSA) is 74.6 Å². The van der Waals surface area contributed by atoms with Gasteiger partial charge in [-0.25, -0.2) is 0 Å². The van der Waals surface area contributed by atoms with Crippen LogP contribution in [0.25, 0.3) is 0 Å². The van der Waals surface area contributed by atoms with Gasteiger partial charge in [0.1, 0.15) is 0 Å². The lowest BCUT2D eigenvalue weighted by atomic mass is 9.72. The van der Waals surface area contributed by atoms with Crippen molar-refractivity contribution in [3.05, 3.63) is 106 Å². The first-order valence-electron chi connectivity index (χ1n) is 9.34. The molecule has 3 aromatic rings. The standard InChI is InChI=1S/C23H20BrF2O4P/c1-22(18-10-6-3-7-11-18,21(27)17-8-4-2-5-9-17)15-16-12-13-19(20(24)14-16)23(25,26)31(28,29)30/h2-14H,15H2,1H3,(H2,28,29,30). The van der Waals surface area contributed by atoms with E-state index in [2.05, 4.69) is 15.9 Å². The van der Waals surface area contributed by atoms with E-state index < -0.39 is 24.2 Å². The molecule has 4 nitrogen and oxygen atoms in total. The van der Waals surface area contributed by atoms with Crippen LogP contribution in [0.5, 0.6) is 0 Å². The van der Waals surface area contributed by atoms with Gasteiger partial charge in [0, 0.05) is 15.6 Å². The second-order valence-corrected chi connectivity index (χ2v) is 9.97. The van der Waals surface area contributed by atoms with Crippen molar-refractivity contribution in [2.24, 2.45) is 0 Å². The molecule has 0 aliphatic carbocycles. The average Bonchev–Trinajstić information content (AvgIpc) is 2.73. The lowest BCUT2D eigenvalue weighted by Crippen LogP contribution is -2.35. The van der Waals surface area contributed by atoms with E-state index in [1.54, 1.807) is 31.2 Å². The van der Waals surface area contributed by atoms with Crippen molar-refractivity contribution >= 4 is 29.3 Å². The predicted octanol–water partition coefficient (Wildman–Crippen LogP) is 6.06. The molecule has 0 radical (unpaired) electrons. The fourth-order valence-electron chi connectivity index (χ4n) is 3.51. The van der Waals surface area contributed by atoms with Crippen LogP contribution in [0, 0.1) is 0 Å². The number of carbonyl (C=O) groups is 1. The van der Waals surface area contributed by atoms with Crippen molar-refractivity contribution < 1.29 is 27.9 Å². The summed E-state index contributed by atoms with van der Waals surface area (Å²) < 4.78 is 39.4. The average molecular weight is 509 g/mol. The largest absolute Gasteiger partial charge is 0.399 e. The zero-order valence-electron chi connectivity index (χ0n) is 16.5. The first kappa shape index (κ1) is 23.5. The summed E-state index contributed by atoms with van der Waals surface area (Å²) in [4.78, 5) is 31.5. The fraction of sp³-hybridized carbons (Fsp3) is 0.174. The van der Waals surface area contributed by atoms with E-state index in [9.17, 15) is 18.1 Å². The van der Waals surface area contributed by atoms with Gasteiger partial charge in [0.25, 0.3) is 0 Å². The minimum atomic E-state index is -5.69. The molecule has 162 valence electrons. The van der Waals surface area contributed by atoms with Gasteiger partial charge in [-0.2, -0.15) is 8.78 Å². The highest BCUT2D eigenvalue weighted by atomic mass is 79.9. The zero-order chi connectivity index (χ0) is 22.9. The highest BCUT2D eigenvalue weighted by Gasteiger charge is 2.51. The number of ketones is 1. The van der Waals surface area contributed by atoms with Crippen LogP contribution in [0.4, 0.5) is 8.78 Å². The van der Waals surface area contributed by atoms with E-state index >= 15 is 0 Å². The number of hydrogen-bond acceptors (Lipinski definition) is 2. The molecule has 0 saturated heterocycles. The Hall–Kier alpha value is -2.18. The Morgan fingerprint density at radius 3 is 2.03 bits per heavy atom. The Kier molecular flexibility index (Phi) is 6.63. The highest BCUT2D eigenvalue weighted by molar-refractivity contribution is 9.10. The summed E-state index contributed by atoms with van der Waals surface area (Å²) in [5.74, 6) is -0.125. The molecule has 3 aromatic carbocycles. The van der Waals surface area contributed by atoms with E-state index in [-0.39, 0.29) is 16.7 Å². The lowest BCUT2D eigenvalue weighted by Gasteiger charge is -2.29. The van der Waals surface area contributed by atoms with Crippen LogP contribution in [0.3, 0.4) is 0 Å². The maximum absolute atomic E-state index is 14.2. The SMILES string of the molecule is CC(Cc1ccc(C(F)(F)P(=O)(O)O)c(Br)c1)(C(=O)c1ccccc1)c1ccccc1. The van der Waals surface area contributed by atoms with Crippen LogP contribution >= 0.6 is 23.5 Å². The summed E-state index contributed by atoms with van der Waals surface area (Å²) in [5, 5.41) is 0. The smallest absolute Gasteiger partial charge is 0.320 e. The van der Waals surface area contributed by atoms with Crippen molar-refractivity contribution in [3.63, 3.8) is 0 Å². The number of Topliss-reactive ketones (excluding diaryl/α,β-unsaturated/α-hetero) is 1. The molecular formula is C23H20BrF2O4P. The summed E-state index contributed by atoms with van der Waals surface area (Å²) in [7, 11) is -5.69. The van der Waals surface area contributed by atoms with Gasteiger partial charge in [0.2, 0.25) is 0 Å². The lowest BCUT2D eigenvalue weighted by molar-refractivity contribution is 0.0557. The molecule has 0 fully saturated rings. The summed E-state index contributed by atoms with van der Waals surface area (Å²) in [6.07, 6.45) is 0.200. The minimum absolute atomic E-state index is 0.125. The van der Waals surface area contributed by atoms with E-state index in [0.717, 1.165) is 11.6 Å². The Morgan fingerprint density at radius 2 is 1.52 bits per heavy atom. The number of halogens is 3. The Morgan fingerprint density at radius 1 is 0.968 bits per heavy atom. The molecular weight excluding hydrogens is 489 g/mol. The van der Waals surface area contributed by atoms with Crippen molar-refractivity contribution in [1.82, 2.24) is 0 Å². The molecule has 0 amide bonds. The monoisotopic (exact) mass is 508 g/mol. The van der Waals surface area contributed by atoms with Gasteiger partial charge in [0.15, 0.2) is 5.78 Å². The normalized spacial score (nSPS) is 14.1. The molecule has 0 saturated carbocycles. The van der Waals surface area contributed by atoms with Crippen LogP contribution in [0.2, 0.25) is 0 Å².